The first kappa shape index (κ1) is 10.4. The number of anilines is 2. The lowest BCUT2D eigenvalue weighted by molar-refractivity contribution is 0.387. The van der Waals surface area contributed by atoms with Crippen LogP contribution in [-0.2, 0) is 6.42 Å². The Hall–Kier alpha value is -2.11. The quantitative estimate of drug-likeness (QED) is 0.797. The topological polar surface area (TPSA) is 89.9 Å². The Bertz CT molecular complexity index is 450. The molecule has 0 radical (unpaired) electrons. The van der Waals surface area contributed by atoms with E-state index in [0.29, 0.717) is 24.0 Å². The molecule has 2 rings (SSSR count). The maximum atomic E-state index is 5.48. The van der Waals surface area contributed by atoms with Crippen molar-refractivity contribution >= 4 is 11.5 Å². The SMILES string of the molecule is Cc1nc(CCNc2ccc(N)nc2)no1. The standard InChI is InChI=1S/C10H13N5O/c1-7-14-10(15-16-7)4-5-12-8-2-3-9(11)13-6-8/h2-3,6,12H,4-5H2,1H3,(H2,11,13). The second-order valence-corrected chi connectivity index (χ2v) is 3.38. The molecule has 0 saturated heterocycles. The summed E-state index contributed by atoms with van der Waals surface area (Å²) in [6.07, 6.45) is 2.40. The van der Waals surface area contributed by atoms with Gasteiger partial charge in [-0.05, 0) is 12.1 Å². The first-order valence-corrected chi connectivity index (χ1v) is 4.98. The van der Waals surface area contributed by atoms with Crippen LogP contribution in [0.5, 0.6) is 0 Å². The van der Waals surface area contributed by atoms with Gasteiger partial charge in [-0.15, -0.1) is 0 Å². The minimum Gasteiger partial charge on any atom is -0.384 e. The number of hydrogen-bond donors (Lipinski definition) is 2. The summed E-state index contributed by atoms with van der Waals surface area (Å²) in [5.74, 6) is 1.80. The van der Waals surface area contributed by atoms with E-state index in [-0.39, 0.29) is 0 Å². The molecule has 6 nitrogen and oxygen atoms in total. The summed E-state index contributed by atoms with van der Waals surface area (Å²) in [5.41, 5.74) is 6.40. The highest BCUT2D eigenvalue weighted by molar-refractivity contribution is 5.45. The third kappa shape index (κ3) is 2.69. The average Bonchev–Trinajstić information content (AvgIpc) is 2.67. The molecule has 0 amide bonds. The largest absolute Gasteiger partial charge is 0.384 e. The van der Waals surface area contributed by atoms with Crippen molar-refractivity contribution in [1.82, 2.24) is 15.1 Å². The van der Waals surface area contributed by atoms with E-state index in [9.17, 15) is 0 Å². The van der Waals surface area contributed by atoms with E-state index < -0.39 is 0 Å². The molecule has 0 unspecified atom stereocenters. The van der Waals surface area contributed by atoms with Crippen LogP contribution in [0.25, 0.3) is 0 Å². The third-order valence-electron chi connectivity index (χ3n) is 2.03. The van der Waals surface area contributed by atoms with Crippen LogP contribution in [0.2, 0.25) is 0 Å². The predicted molar refractivity (Wildman–Crippen MR) is 59.9 cm³/mol. The Balaban J connectivity index is 1.82. The molecule has 0 aromatic carbocycles. The van der Waals surface area contributed by atoms with Crippen LogP contribution in [0.3, 0.4) is 0 Å². The lowest BCUT2D eigenvalue weighted by Gasteiger charge is -2.03. The average molecular weight is 219 g/mol. The Morgan fingerprint density at radius 1 is 1.44 bits per heavy atom. The van der Waals surface area contributed by atoms with Gasteiger partial charge in [-0.2, -0.15) is 4.98 Å². The van der Waals surface area contributed by atoms with Crippen LogP contribution < -0.4 is 11.1 Å². The summed E-state index contributed by atoms with van der Waals surface area (Å²) < 4.78 is 4.87. The monoisotopic (exact) mass is 219 g/mol. The molecule has 0 fully saturated rings. The molecule has 3 N–H and O–H groups in total. The Labute approximate surface area is 92.9 Å². The molecule has 0 aliphatic heterocycles. The molecule has 0 bridgehead atoms. The third-order valence-corrected chi connectivity index (χ3v) is 2.03. The lowest BCUT2D eigenvalue weighted by atomic mass is 10.3. The zero-order chi connectivity index (χ0) is 11.4. The summed E-state index contributed by atoms with van der Waals surface area (Å²) in [7, 11) is 0. The fourth-order valence-corrected chi connectivity index (χ4v) is 1.27. The van der Waals surface area contributed by atoms with E-state index in [2.05, 4.69) is 20.4 Å². The number of nitrogens with zero attached hydrogens (tertiary/aromatic N) is 3. The summed E-state index contributed by atoms with van der Waals surface area (Å²) in [6, 6.07) is 3.63. The van der Waals surface area contributed by atoms with Crippen molar-refractivity contribution in [2.24, 2.45) is 0 Å². The number of nitrogens with one attached hydrogen (secondary N) is 1. The van der Waals surface area contributed by atoms with Gasteiger partial charge in [0.25, 0.3) is 0 Å². The van der Waals surface area contributed by atoms with E-state index in [0.717, 1.165) is 12.2 Å². The Morgan fingerprint density at radius 3 is 2.94 bits per heavy atom. The Kier molecular flexibility index (Phi) is 3.00. The second kappa shape index (κ2) is 4.61. The van der Waals surface area contributed by atoms with Crippen molar-refractivity contribution in [2.45, 2.75) is 13.3 Å². The van der Waals surface area contributed by atoms with E-state index in [1.165, 1.54) is 0 Å². The summed E-state index contributed by atoms with van der Waals surface area (Å²) in [4.78, 5) is 8.08. The zero-order valence-corrected chi connectivity index (χ0v) is 8.97. The number of hydrogen-bond acceptors (Lipinski definition) is 6. The number of nitrogens with two attached hydrogens (primary N) is 1. The summed E-state index contributed by atoms with van der Waals surface area (Å²) in [5, 5.41) is 6.99. The summed E-state index contributed by atoms with van der Waals surface area (Å²) in [6.45, 7) is 2.50. The molecular formula is C10H13N5O. The summed E-state index contributed by atoms with van der Waals surface area (Å²) >= 11 is 0. The molecule has 2 aromatic rings. The fourth-order valence-electron chi connectivity index (χ4n) is 1.27. The molecule has 2 aromatic heterocycles. The van der Waals surface area contributed by atoms with E-state index in [1.807, 2.05) is 6.07 Å². The normalized spacial score (nSPS) is 10.3. The number of pyridine rings is 1. The molecule has 0 spiro atoms. The molecule has 0 aliphatic rings. The van der Waals surface area contributed by atoms with Gasteiger partial charge in [-0.3, -0.25) is 0 Å². The Morgan fingerprint density at radius 2 is 2.31 bits per heavy atom. The van der Waals surface area contributed by atoms with Gasteiger partial charge in [0.15, 0.2) is 5.82 Å². The molecule has 16 heavy (non-hydrogen) atoms. The van der Waals surface area contributed by atoms with Crippen molar-refractivity contribution in [3.63, 3.8) is 0 Å². The molecule has 6 heteroatoms. The van der Waals surface area contributed by atoms with Crippen molar-refractivity contribution in [1.29, 1.82) is 0 Å². The lowest BCUT2D eigenvalue weighted by Crippen LogP contribution is -2.06. The van der Waals surface area contributed by atoms with E-state index in [1.54, 1.807) is 19.2 Å². The molecule has 0 atom stereocenters. The van der Waals surface area contributed by atoms with Gasteiger partial charge >= 0.3 is 0 Å². The fraction of sp³-hybridized carbons (Fsp3) is 0.300. The van der Waals surface area contributed by atoms with Crippen LogP contribution in [0, 0.1) is 6.92 Å². The molecule has 0 aliphatic carbocycles. The van der Waals surface area contributed by atoms with Crippen LogP contribution >= 0.6 is 0 Å². The highest BCUT2D eigenvalue weighted by atomic mass is 16.5. The van der Waals surface area contributed by atoms with E-state index in [4.69, 9.17) is 10.3 Å². The number of aryl methyl sites for hydroxylation is 1. The molecule has 2 heterocycles. The van der Waals surface area contributed by atoms with Gasteiger partial charge in [-0.25, -0.2) is 4.98 Å². The minimum atomic E-state index is 0.513. The maximum Gasteiger partial charge on any atom is 0.223 e. The van der Waals surface area contributed by atoms with Gasteiger partial charge in [-0.1, -0.05) is 5.16 Å². The van der Waals surface area contributed by atoms with Gasteiger partial charge in [0.1, 0.15) is 5.82 Å². The van der Waals surface area contributed by atoms with Gasteiger partial charge in [0, 0.05) is 19.9 Å². The van der Waals surface area contributed by atoms with Crippen LogP contribution in [-0.4, -0.2) is 21.7 Å². The number of aromatic nitrogens is 3. The zero-order valence-electron chi connectivity index (χ0n) is 8.97. The van der Waals surface area contributed by atoms with Gasteiger partial charge < -0.3 is 15.6 Å². The molecule has 0 saturated carbocycles. The highest BCUT2D eigenvalue weighted by Crippen LogP contribution is 2.06. The number of nitrogen functional groups attached to an aromatic ring is 1. The van der Waals surface area contributed by atoms with Crippen molar-refractivity contribution in [3.8, 4) is 0 Å². The highest BCUT2D eigenvalue weighted by Gasteiger charge is 2.01. The number of rotatable bonds is 4. The van der Waals surface area contributed by atoms with Crippen molar-refractivity contribution < 1.29 is 4.52 Å². The predicted octanol–water partition coefficient (Wildman–Crippen LogP) is 1.01. The second-order valence-electron chi connectivity index (χ2n) is 3.38. The maximum absolute atomic E-state index is 5.48. The minimum absolute atomic E-state index is 0.513. The smallest absolute Gasteiger partial charge is 0.223 e. The van der Waals surface area contributed by atoms with Crippen LogP contribution in [0.15, 0.2) is 22.9 Å². The van der Waals surface area contributed by atoms with Crippen molar-refractivity contribution in [2.75, 3.05) is 17.6 Å². The van der Waals surface area contributed by atoms with Crippen LogP contribution in [0.1, 0.15) is 11.7 Å². The first-order valence-electron chi connectivity index (χ1n) is 4.98. The first-order chi connectivity index (χ1) is 7.74. The van der Waals surface area contributed by atoms with Gasteiger partial charge in [0.2, 0.25) is 5.89 Å². The van der Waals surface area contributed by atoms with Crippen molar-refractivity contribution in [3.05, 3.63) is 30.0 Å². The van der Waals surface area contributed by atoms with Gasteiger partial charge in [0.05, 0.1) is 11.9 Å². The van der Waals surface area contributed by atoms with E-state index >= 15 is 0 Å². The molecular weight excluding hydrogens is 206 g/mol. The molecule has 84 valence electrons. The van der Waals surface area contributed by atoms with Crippen LogP contribution in [0.4, 0.5) is 11.5 Å².